The fraction of sp³-hybridized carbons (Fsp3) is 0.100. The smallest absolute Gasteiger partial charge is 0.273 e. The van der Waals surface area contributed by atoms with Gasteiger partial charge in [0.25, 0.3) is 10.0 Å². The number of benzene rings is 1. The number of rotatable bonds is 3. The number of sulfonamides is 1. The molecule has 0 aliphatic rings. The molecule has 0 bridgehead atoms. The fourth-order valence-electron chi connectivity index (χ4n) is 1.28. The van der Waals surface area contributed by atoms with Crippen LogP contribution in [0.5, 0.6) is 0 Å². The van der Waals surface area contributed by atoms with Gasteiger partial charge in [-0.25, -0.2) is 17.8 Å². The zero-order valence-corrected chi connectivity index (χ0v) is 11.0. The average molecular weight is 287 g/mol. The van der Waals surface area contributed by atoms with Gasteiger partial charge in [-0.3, -0.25) is 4.72 Å². The summed E-state index contributed by atoms with van der Waals surface area (Å²) in [7, 11) is -3.80. The molecule has 0 aliphatic heterocycles. The van der Waals surface area contributed by atoms with Crippen LogP contribution in [-0.4, -0.2) is 13.4 Å². The molecule has 1 aromatic carbocycles. The molecule has 0 amide bonds. The van der Waals surface area contributed by atoms with Crippen molar-refractivity contribution in [3.05, 3.63) is 35.2 Å². The van der Waals surface area contributed by atoms with Gasteiger partial charge in [-0.15, -0.1) is 11.3 Å². The summed E-state index contributed by atoms with van der Waals surface area (Å²) in [6.07, 6.45) is 1.23. The van der Waals surface area contributed by atoms with E-state index in [9.17, 15) is 12.8 Å². The molecule has 0 saturated carbocycles. The Hall–Kier alpha value is -1.67. The lowest BCUT2D eigenvalue weighted by Gasteiger charge is -2.07. The molecular formula is C10H10FN3O2S2. The Morgan fingerprint density at radius 3 is 2.72 bits per heavy atom. The number of halogens is 1. The molecule has 0 atom stereocenters. The molecule has 0 unspecified atom stereocenters. The van der Waals surface area contributed by atoms with Crippen molar-refractivity contribution in [2.45, 2.75) is 11.1 Å². The highest BCUT2D eigenvalue weighted by atomic mass is 32.2. The lowest BCUT2D eigenvalue weighted by molar-refractivity contribution is 0.600. The predicted molar refractivity (Wildman–Crippen MR) is 68.5 cm³/mol. The Morgan fingerprint density at radius 1 is 1.44 bits per heavy atom. The molecule has 18 heavy (non-hydrogen) atoms. The molecule has 0 spiro atoms. The summed E-state index contributed by atoms with van der Waals surface area (Å²) in [6.45, 7) is 1.69. The summed E-state index contributed by atoms with van der Waals surface area (Å²) in [5, 5.41) is 0.619. The molecule has 0 saturated heterocycles. The molecule has 1 heterocycles. The maximum Gasteiger partial charge on any atom is 0.273 e. The van der Waals surface area contributed by atoms with Crippen molar-refractivity contribution in [1.82, 2.24) is 4.98 Å². The first kappa shape index (κ1) is 12.8. The number of nitrogens with two attached hydrogens (primary N) is 1. The van der Waals surface area contributed by atoms with E-state index in [2.05, 4.69) is 9.71 Å². The number of nitrogens with zero attached hydrogens (tertiary/aromatic N) is 1. The van der Waals surface area contributed by atoms with E-state index in [1.807, 2.05) is 0 Å². The molecule has 2 rings (SSSR count). The average Bonchev–Trinajstić information content (AvgIpc) is 2.70. The summed E-state index contributed by atoms with van der Waals surface area (Å²) in [4.78, 5) is 3.85. The molecule has 5 nitrogen and oxygen atoms in total. The number of nitrogens with one attached hydrogen (secondary N) is 1. The molecule has 0 fully saturated rings. The van der Waals surface area contributed by atoms with Gasteiger partial charge in [0.2, 0.25) is 0 Å². The van der Waals surface area contributed by atoms with E-state index in [-0.39, 0.29) is 15.6 Å². The first-order valence-electron chi connectivity index (χ1n) is 4.89. The molecule has 0 radical (unpaired) electrons. The van der Waals surface area contributed by atoms with Gasteiger partial charge in [0.1, 0.15) is 5.82 Å². The van der Waals surface area contributed by atoms with Crippen LogP contribution in [-0.2, 0) is 10.0 Å². The fourth-order valence-corrected chi connectivity index (χ4v) is 3.45. The van der Waals surface area contributed by atoms with E-state index in [4.69, 9.17) is 5.73 Å². The Labute approximate surface area is 108 Å². The van der Waals surface area contributed by atoms with Crippen molar-refractivity contribution < 1.29 is 12.8 Å². The Bertz CT molecular complexity index is 682. The zero-order valence-electron chi connectivity index (χ0n) is 9.34. The number of hydrogen-bond donors (Lipinski definition) is 2. The van der Waals surface area contributed by atoms with Crippen molar-refractivity contribution in [1.29, 1.82) is 0 Å². The highest BCUT2D eigenvalue weighted by Crippen LogP contribution is 2.23. The van der Waals surface area contributed by atoms with Crippen LogP contribution in [0.1, 0.15) is 5.01 Å². The first-order chi connectivity index (χ1) is 8.38. The molecule has 96 valence electrons. The number of aromatic nitrogens is 1. The highest BCUT2D eigenvalue weighted by Gasteiger charge is 2.18. The third kappa shape index (κ3) is 2.59. The van der Waals surface area contributed by atoms with Crippen LogP contribution in [0, 0.1) is 12.7 Å². The van der Waals surface area contributed by atoms with Crippen molar-refractivity contribution in [2.24, 2.45) is 0 Å². The van der Waals surface area contributed by atoms with Gasteiger partial charge in [-0.1, -0.05) is 0 Å². The third-order valence-electron chi connectivity index (χ3n) is 2.10. The second-order valence-corrected chi connectivity index (χ2v) is 6.69. The van der Waals surface area contributed by atoms with Crippen LogP contribution in [0.4, 0.5) is 15.8 Å². The minimum absolute atomic E-state index is 0.0382. The number of nitrogen functional groups attached to an aromatic ring is 1. The maximum absolute atomic E-state index is 13.5. The molecular weight excluding hydrogens is 277 g/mol. The second-order valence-electron chi connectivity index (χ2n) is 3.54. The normalized spacial score (nSPS) is 11.4. The van der Waals surface area contributed by atoms with Gasteiger partial charge < -0.3 is 5.73 Å². The van der Waals surface area contributed by atoms with E-state index in [1.165, 1.54) is 18.3 Å². The van der Waals surface area contributed by atoms with Crippen LogP contribution in [0.3, 0.4) is 0 Å². The minimum Gasteiger partial charge on any atom is -0.399 e. The standard InChI is InChI=1S/C10H10FN3O2S2/c1-6-13-5-10(17-6)18(15,16)14-9-3-2-7(12)4-8(9)11/h2-5,14H,12H2,1H3. The van der Waals surface area contributed by atoms with Crippen molar-refractivity contribution >= 4 is 32.7 Å². The van der Waals surface area contributed by atoms with E-state index < -0.39 is 15.8 Å². The Kier molecular flexibility index (Phi) is 3.22. The monoisotopic (exact) mass is 287 g/mol. The van der Waals surface area contributed by atoms with Gasteiger partial charge in [0, 0.05) is 5.69 Å². The third-order valence-corrected chi connectivity index (χ3v) is 4.84. The number of aryl methyl sites for hydroxylation is 1. The number of anilines is 2. The lowest BCUT2D eigenvalue weighted by atomic mass is 10.3. The van der Waals surface area contributed by atoms with Crippen LogP contribution < -0.4 is 10.5 Å². The van der Waals surface area contributed by atoms with Gasteiger partial charge in [0.15, 0.2) is 4.21 Å². The van der Waals surface area contributed by atoms with E-state index in [0.29, 0.717) is 5.01 Å². The van der Waals surface area contributed by atoms with Gasteiger partial charge in [0.05, 0.1) is 16.9 Å². The molecule has 8 heteroatoms. The minimum atomic E-state index is -3.80. The van der Waals surface area contributed by atoms with Crippen LogP contribution in [0.15, 0.2) is 28.6 Å². The lowest BCUT2D eigenvalue weighted by Crippen LogP contribution is -2.12. The van der Waals surface area contributed by atoms with E-state index >= 15 is 0 Å². The predicted octanol–water partition coefficient (Wildman–Crippen LogP) is 1.97. The van der Waals surface area contributed by atoms with Gasteiger partial charge in [-0.2, -0.15) is 0 Å². The Balaban J connectivity index is 2.33. The zero-order chi connectivity index (χ0) is 13.3. The molecule has 0 aliphatic carbocycles. The van der Waals surface area contributed by atoms with Crippen LogP contribution >= 0.6 is 11.3 Å². The van der Waals surface area contributed by atoms with Crippen molar-refractivity contribution in [3.63, 3.8) is 0 Å². The molecule has 3 N–H and O–H groups in total. The Morgan fingerprint density at radius 2 is 2.17 bits per heavy atom. The summed E-state index contributed by atoms with van der Waals surface area (Å²) in [5.41, 5.74) is 5.46. The second kappa shape index (κ2) is 4.54. The van der Waals surface area contributed by atoms with Crippen LogP contribution in [0.2, 0.25) is 0 Å². The summed E-state index contributed by atoms with van der Waals surface area (Å²) < 4.78 is 39.5. The topological polar surface area (TPSA) is 85.1 Å². The first-order valence-corrected chi connectivity index (χ1v) is 7.19. The number of hydrogen-bond acceptors (Lipinski definition) is 5. The SMILES string of the molecule is Cc1ncc(S(=O)(=O)Nc2ccc(N)cc2F)s1. The molecule has 1 aromatic heterocycles. The van der Waals surface area contributed by atoms with E-state index in [1.54, 1.807) is 6.92 Å². The summed E-state index contributed by atoms with van der Waals surface area (Å²) in [6, 6.07) is 3.74. The largest absolute Gasteiger partial charge is 0.399 e. The quantitative estimate of drug-likeness (QED) is 0.845. The summed E-state index contributed by atoms with van der Waals surface area (Å²) >= 11 is 1.01. The van der Waals surface area contributed by atoms with Gasteiger partial charge >= 0.3 is 0 Å². The highest BCUT2D eigenvalue weighted by molar-refractivity contribution is 7.94. The molecule has 2 aromatic rings. The maximum atomic E-state index is 13.5. The van der Waals surface area contributed by atoms with Crippen molar-refractivity contribution in [3.8, 4) is 0 Å². The summed E-state index contributed by atoms with van der Waals surface area (Å²) in [5.74, 6) is -0.722. The van der Waals surface area contributed by atoms with Crippen LogP contribution in [0.25, 0.3) is 0 Å². The van der Waals surface area contributed by atoms with Crippen molar-refractivity contribution in [2.75, 3.05) is 10.5 Å². The van der Waals surface area contributed by atoms with Gasteiger partial charge in [-0.05, 0) is 25.1 Å². The number of thiazole rings is 1. The van der Waals surface area contributed by atoms with E-state index in [0.717, 1.165) is 17.4 Å².